The number of sulfonamides is 1. The van der Waals surface area contributed by atoms with Crippen LogP contribution in [0.15, 0.2) is 34.7 Å². The Labute approximate surface area is 143 Å². The molecule has 0 aliphatic carbocycles. The highest BCUT2D eigenvalue weighted by Crippen LogP contribution is 2.33. The molecule has 2 aromatic rings. The molecule has 1 aromatic carbocycles. The molecule has 0 atom stereocenters. The van der Waals surface area contributed by atoms with Gasteiger partial charge in [-0.25, -0.2) is 18.1 Å². The molecule has 0 bridgehead atoms. The van der Waals surface area contributed by atoms with Crippen LogP contribution in [0.25, 0.3) is 0 Å². The Morgan fingerprint density at radius 1 is 1.16 bits per heavy atom. The Hall–Kier alpha value is -2.47. The minimum Gasteiger partial charge on any atom is -0.321 e. The van der Waals surface area contributed by atoms with E-state index < -0.39 is 38.6 Å². The van der Waals surface area contributed by atoms with E-state index in [4.69, 9.17) is 0 Å². The maximum absolute atomic E-state index is 12.7. The number of aromatic nitrogens is 1. The van der Waals surface area contributed by atoms with Gasteiger partial charge in [-0.15, -0.1) is 11.3 Å². The minimum absolute atomic E-state index is 0.0771. The van der Waals surface area contributed by atoms with Crippen LogP contribution in [-0.4, -0.2) is 25.2 Å². The Morgan fingerprint density at radius 3 is 2.28 bits per heavy atom. The first-order valence-corrected chi connectivity index (χ1v) is 8.82. The van der Waals surface area contributed by atoms with Crippen LogP contribution in [0.5, 0.6) is 0 Å². The van der Waals surface area contributed by atoms with E-state index in [1.54, 1.807) is 4.72 Å². The average molecular weight is 393 g/mol. The van der Waals surface area contributed by atoms with E-state index in [2.05, 4.69) is 10.3 Å². The van der Waals surface area contributed by atoms with E-state index in [1.807, 2.05) is 0 Å². The van der Waals surface area contributed by atoms with E-state index in [-0.39, 0.29) is 10.6 Å². The van der Waals surface area contributed by atoms with E-state index in [1.165, 1.54) is 12.1 Å². The molecule has 0 spiro atoms. The largest absolute Gasteiger partial charge is 0.434 e. The van der Waals surface area contributed by atoms with Crippen molar-refractivity contribution in [3.63, 3.8) is 0 Å². The quantitative estimate of drug-likeness (QED) is 0.829. The molecule has 1 heterocycles. The number of carbonyl (C=O) groups excluding carboxylic acids is 2. The van der Waals surface area contributed by atoms with Crippen LogP contribution in [0, 0.1) is 0 Å². The molecule has 0 aliphatic rings. The van der Waals surface area contributed by atoms with Gasteiger partial charge in [-0.2, -0.15) is 13.2 Å². The molecule has 134 valence electrons. The van der Waals surface area contributed by atoms with E-state index >= 15 is 0 Å². The van der Waals surface area contributed by atoms with Gasteiger partial charge in [0.2, 0.25) is 5.91 Å². The van der Waals surface area contributed by atoms with Crippen molar-refractivity contribution < 1.29 is 31.2 Å². The highest BCUT2D eigenvalue weighted by molar-refractivity contribution is 7.90. The normalized spacial score (nSPS) is 11.8. The summed E-state index contributed by atoms with van der Waals surface area (Å²) in [5.74, 6) is -1.80. The van der Waals surface area contributed by atoms with Gasteiger partial charge >= 0.3 is 6.18 Å². The Morgan fingerprint density at radius 2 is 1.76 bits per heavy atom. The molecular weight excluding hydrogens is 383 g/mol. The second-order valence-corrected chi connectivity index (χ2v) is 7.21. The van der Waals surface area contributed by atoms with Crippen molar-refractivity contribution in [1.29, 1.82) is 0 Å². The molecular formula is C13H10F3N3O4S2. The lowest BCUT2D eigenvalue weighted by Gasteiger charge is -2.09. The molecule has 12 heteroatoms. The fourth-order valence-electron chi connectivity index (χ4n) is 1.76. The monoisotopic (exact) mass is 393 g/mol. The van der Waals surface area contributed by atoms with Crippen molar-refractivity contribution >= 4 is 38.9 Å². The third-order valence-electron chi connectivity index (χ3n) is 2.74. The molecule has 0 unspecified atom stereocenters. The predicted molar refractivity (Wildman–Crippen MR) is 82.5 cm³/mol. The van der Waals surface area contributed by atoms with Crippen LogP contribution >= 0.6 is 11.3 Å². The number of nitrogens with zero attached hydrogens (tertiary/aromatic N) is 1. The number of alkyl halides is 3. The van der Waals surface area contributed by atoms with Gasteiger partial charge in [-0.05, 0) is 24.3 Å². The van der Waals surface area contributed by atoms with E-state index in [0.29, 0.717) is 11.3 Å². The summed E-state index contributed by atoms with van der Waals surface area (Å²) in [5.41, 5.74) is -0.311. The maximum atomic E-state index is 12.7. The summed E-state index contributed by atoms with van der Waals surface area (Å²) in [4.78, 5) is 25.1. The second kappa shape index (κ2) is 6.80. The molecule has 0 aliphatic heterocycles. The number of thiazole rings is 1. The van der Waals surface area contributed by atoms with Gasteiger partial charge in [0, 0.05) is 12.6 Å². The number of nitrogens with one attached hydrogen (secondary N) is 2. The number of anilines is 1. The zero-order valence-electron chi connectivity index (χ0n) is 12.4. The predicted octanol–water partition coefficient (Wildman–Crippen LogP) is 2.24. The topological polar surface area (TPSA) is 105 Å². The molecule has 7 nitrogen and oxygen atoms in total. The fourth-order valence-corrected chi connectivity index (χ4v) is 3.45. The van der Waals surface area contributed by atoms with Crippen LogP contribution in [0.1, 0.15) is 22.3 Å². The van der Waals surface area contributed by atoms with Gasteiger partial charge in [0.15, 0.2) is 5.69 Å². The zero-order chi connectivity index (χ0) is 18.8. The summed E-state index contributed by atoms with van der Waals surface area (Å²) in [7, 11) is -4.04. The molecule has 2 amide bonds. The molecule has 2 rings (SSSR count). The highest BCUT2D eigenvalue weighted by atomic mass is 32.2. The third kappa shape index (κ3) is 4.54. The van der Waals surface area contributed by atoms with Gasteiger partial charge in [0.25, 0.3) is 15.9 Å². The average Bonchev–Trinajstić information content (AvgIpc) is 2.96. The van der Waals surface area contributed by atoms with E-state index in [9.17, 15) is 31.2 Å². The van der Waals surface area contributed by atoms with Gasteiger partial charge in [0.1, 0.15) is 4.88 Å². The van der Waals surface area contributed by atoms with Crippen LogP contribution in [0.3, 0.4) is 0 Å². The standard InChI is InChI=1S/C13H10F3N3O4S2/c1-7(20)19-25(22,23)9-4-2-8(3-5-9)18-12(21)10-11(13(14,15)16)17-6-24-10/h2-6H,1H3,(H,18,21)(H,19,20). The van der Waals surface area contributed by atoms with Crippen LogP contribution < -0.4 is 10.0 Å². The number of benzene rings is 1. The van der Waals surface area contributed by atoms with Crippen LogP contribution in [0.2, 0.25) is 0 Å². The number of hydrogen-bond donors (Lipinski definition) is 2. The molecule has 2 N–H and O–H groups in total. The van der Waals surface area contributed by atoms with Crippen molar-refractivity contribution in [1.82, 2.24) is 9.71 Å². The maximum Gasteiger partial charge on any atom is 0.434 e. The fraction of sp³-hybridized carbons (Fsp3) is 0.154. The number of halogens is 3. The lowest BCUT2D eigenvalue weighted by Crippen LogP contribution is -2.28. The smallest absolute Gasteiger partial charge is 0.321 e. The molecule has 25 heavy (non-hydrogen) atoms. The molecule has 0 saturated carbocycles. The third-order valence-corrected chi connectivity index (χ3v) is 5.02. The lowest BCUT2D eigenvalue weighted by atomic mass is 10.3. The first-order valence-electron chi connectivity index (χ1n) is 6.46. The highest BCUT2D eigenvalue weighted by Gasteiger charge is 2.38. The van der Waals surface area contributed by atoms with Crippen molar-refractivity contribution in [3.05, 3.63) is 40.3 Å². The molecule has 0 radical (unpaired) electrons. The number of amides is 2. The lowest BCUT2D eigenvalue weighted by molar-refractivity contribution is -0.141. The van der Waals surface area contributed by atoms with Crippen molar-refractivity contribution in [2.45, 2.75) is 18.0 Å². The van der Waals surface area contributed by atoms with Crippen molar-refractivity contribution in [2.75, 3.05) is 5.32 Å². The van der Waals surface area contributed by atoms with Gasteiger partial charge in [-0.1, -0.05) is 0 Å². The Bertz CT molecular complexity index is 905. The Kier molecular flexibility index (Phi) is 5.13. The summed E-state index contributed by atoms with van der Waals surface area (Å²) in [6.45, 7) is 1.03. The summed E-state index contributed by atoms with van der Waals surface area (Å²) in [6, 6.07) is 4.55. The minimum atomic E-state index is -4.76. The first kappa shape index (κ1) is 18.9. The van der Waals surface area contributed by atoms with Crippen LogP contribution in [-0.2, 0) is 21.0 Å². The number of rotatable bonds is 4. The summed E-state index contributed by atoms with van der Waals surface area (Å²) < 4.78 is 63.5. The molecule has 0 fully saturated rings. The number of carbonyl (C=O) groups is 2. The van der Waals surface area contributed by atoms with Gasteiger partial charge < -0.3 is 5.32 Å². The molecule has 1 aromatic heterocycles. The van der Waals surface area contributed by atoms with Gasteiger partial charge in [-0.3, -0.25) is 9.59 Å². The van der Waals surface area contributed by atoms with Crippen molar-refractivity contribution in [3.8, 4) is 0 Å². The SMILES string of the molecule is CC(=O)NS(=O)(=O)c1ccc(NC(=O)c2scnc2C(F)(F)F)cc1. The van der Waals surface area contributed by atoms with Gasteiger partial charge in [0.05, 0.1) is 10.4 Å². The summed E-state index contributed by atoms with van der Waals surface area (Å²) in [6.07, 6.45) is -4.76. The first-order chi connectivity index (χ1) is 11.5. The Balaban J connectivity index is 2.19. The number of hydrogen-bond acceptors (Lipinski definition) is 6. The van der Waals surface area contributed by atoms with Crippen molar-refractivity contribution in [2.24, 2.45) is 0 Å². The van der Waals surface area contributed by atoms with Crippen LogP contribution in [0.4, 0.5) is 18.9 Å². The summed E-state index contributed by atoms with van der Waals surface area (Å²) >= 11 is 0.531. The second-order valence-electron chi connectivity index (χ2n) is 4.67. The van der Waals surface area contributed by atoms with E-state index in [0.717, 1.165) is 24.6 Å². The molecule has 0 saturated heterocycles. The summed E-state index contributed by atoms with van der Waals surface area (Å²) in [5, 5.41) is 2.23. The zero-order valence-corrected chi connectivity index (χ0v) is 14.1.